The summed E-state index contributed by atoms with van der Waals surface area (Å²) in [7, 11) is -0.0845. The number of carbonyl (C=O) groups is 1. The van der Waals surface area contributed by atoms with Gasteiger partial charge in [-0.15, -0.1) is 4.40 Å². The van der Waals surface area contributed by atoms with E-state index < -0.39 is 31.5 Å². The summed E-state index contributed by atoms with van der Waals surface area (Å²) in [5.41, 5.74) is -0.791. The van der Waals surface area contributed by atoms with Gasteiger partial charge in [-0.1, -0.05) is 30.0 Å². The van der Waals surface area contributed by atoms with E-state index in [1.54, 1.807) is 44.4 Å². The van der Waals surface area contributed by atoms with Gasteiger partial charge in [-0.2, -0.15) is 8.42 Å². The van der Waals surface area contributed by atoms with Gasteiger partial charge in [-0.25, -0.2) is 4.79 Å². The molecule has 0 saturated carbocycles. The van der Waals surface area contributed by atoms with Crippen LogP contribution in [0.15, 0.2) is 61.5 Å². The van der Waals surface area contributed by atoms with Gasteiger partial charge >= 0.3 is 5.97 Å². The molecule has 28 heavy (non-hydrogen) atoms. The third-order valence-electron chi connectivity index (χ3n) is 3.31. The van der Waals surface area contributed by atoms with Crippen molar-refractivity contribution in [1.82, 2.24) is 4.90 Å². The van der Waals surface area contributed by atoms with E-state index in [0.717, 1.165) is 37.3 Å². The number of sulfonamides is 1. The molecule has 2 rings (SSSR count). The first kappa shape index (κ1) is 21.4. The van der Waals surface area contributed by atoms with Crippen LogP contribution in [0.2, 0.25) is 0 Å². The Bertz CT molecular complexity index is 1020. The number of nitro benzene ring substituents is 1. The number of esters is 1. The highest BCUT2D eigenvalue weighted by atomic mass is 32.2. The molecule has 0 spiro atoms. The number of nitro groups is 1. The summed E-state index contributed by atoms with van der Waals surface area (Å²) < 4.78 is 33.7. The fraction of sp³-hybridized carbons (Fsp3) is 0.176. The van der Waals surface area contributed by atoms with E-state index in [1.165, 1.54) is 4.90 Å². The molecule has 0 atom stereocenters. The van der Waals surface area contributed by atoms with Gasteiger partial charge in [-0.05, 0) is 18.2 Å². The summed E-state index contributed by atoms with van der Waals surface area (Å²) in [5, 5.41) is 11.6. The van der Waals surface area contributed by atoms with E-state index >= 15 is 0 Å². The maximum Gasteiger partial charge on any atom is 0.338 e. The van der Waals surface area contributed by atoms with Crippen molar-refractivity contribution < 1.29 is 22.9 Å². The second-order valence-electron chi connectivity index (χ2n) is 5.65. The smallest absolute Gasteiger partial charge is 0.338 e. The Morgan fingerprint density at radius 1 is 1.25 bits per heavy atom. The second-order valence-corrected chi connectivity index (χ2v) is 8.33. The SMILES string of the molecule is COC(=O)c1cc([N+](=O)[O-])c(Sc2ccccc2)c(S(=O)(=O)/N=C/N(C)C)c1. The number of rotatable bonds is 7. The lowest BCUT2D eigenvalue weighted by Crippen LogP contribution is -2.12. The molecule has 148 valence electrons. The minimum atomic E-state index is -4.33. The van der Waals surface area contributed by atoms with E-state index in [1.807, 2.05) is 0 Å². The monoisotopic (exact) mass is 423 g/mol. The van der Waals surface area contributed by atoms with Crippen LogP contribution in [0.3, 0.4) is 0 Å². The van der Waals surface area contributed by atoms with Crippen molar-refractivity contribution in [2.75, 3.05) is 21.2 Å². The van der Waals surface area contributed by atoms with E-state index in [4.69, 9.17) is 0 Å². The maximum absolute atomic E-state index is 12.8. The Kier molecular flexibility index (Phi) is 6.75. The van der Waals surface area contributed by atoms with Gasteiger partial charge in [0.05, 0.1) is 17.6 Å². The molecule has 0 saturated heterocycles. The lowest BCUT2D eigenvalue weighted by Gasteiger charge is -2.11. The number of benzene rings is 2. The molecule has 0 unspecified atom stereocenters. The highest BCUT2D eigenvalue weighted by molar-refractivity contribution is 8.00. The van der Waals surface area contributed by atoms with Crippen LogP contribution >= 0.6 is 11.8 Å². The average molecular weight is 423 g/mol. The lowest BCUT2D eigenvalue weighted by atomic mass is 10.2. The zero-order valence-electron chi connectivity index (χ0n) is 15.2. The number of hydrogen-bond donors (Lipinski definition) is 0. The van der Waals surface area contributed by atoms with Gasteiger partial charge in [0.1, 0.15) is 16.1 Å². The molecule has 0 fully saturated rings. The molecule has 0 N–H and O–H groups in total. The molecular weight excluding hydrogens is 406 g/mol. The molecule has 0 heterocycles. The molecule has 0 radical (unpaired) electrons. The van der Waals surface area contributed by atoms with Crippen LogP contribution in [0.1, 0.15) is 10.4 Å². The standard InChI is InChI=1S/C17H17N3O6S2/c1-19(2)11-18-28(24,25)15-10-12(17(21)26-3)9-14(20(22)23)16(15)27-13-7-5-4-6-8-13/h4-11H,1-3H3/b18-11+. The molecular formula is C17H17N3O6S2. The first-order valence-electron chi connectivity index (χ1n) is 7.76. The van der Waals surface area contributed by atoms with Crippen LogP contribution in [0.4, 0.5) is 5.69 Å². The summed E-state index contributed by atoms with van der Waals surface area (Å²) in [6, 6.07) is 10.6. The predicted molar refractivity (Wildman–Crippen MR) is 104 cm³/mol. The normalized spacial score (nSPS) is 11.4. The van der Waals surface area contributed by atoms with E-state index in [9.17, 15) is 23.3 Å². The van der Waals surface area contributed by atoms with Crippen molar-refractivity contribution in [3.63, 3.8) is 0 Å². The summed E-state index contributed by atoms with van der Waals surface area (Å²) in [6.45, 7) is 0. The Balaban J connectivity index is 2.78. The van der Waals surface area contributed by atoms with Gasteiger partial charge in [0.15, 0.2) is 0 Å². The third-order valence-corrected chi connectivity index (χ3v) is 5.83. The van der Waals surface area contributed by atoms with Gasteiger partial charge in [0.2, 0.25) is 0 Å². The molecule has 2 aromatic carbocycles. The summed E-state index contributed by atoms with van der Waals surface area (Å²) in [4.78, 5) is 24.2. The lowest BCUT2D eigenvalue weighted by molar-refractivity contribution is -0.388. The Morgan fingerprint density at radius 3 is 2.43 bits per heavy atom. The number of carbonyl (C=O) groups excluding carboxylic acids is 1. The fourth-order valence-electron chi connectivity index (χ4n) is 2.07. The fourth-order valence-corrected chi connectivity index (χ4v) is 4.48. The van der Waals surface area contributed by atoms with Crippen LogP contribution in [0.25, 0.3) is 0 Å². The molecule has 9 nitrogen and oxygen atoms in total. The topological polar surface area (TPSA) is 119 Å². The van der Waals surface area contributed by atoms with Crippen LogP contribution < -0.4 is 0 Å². The number of methoxy groups -OCH3 is 1. The summed E-state index contributed by atoms with van der Waals surface area (Å²) in [6.07, 6.45) is 1.06. The highest BCUT2D eigenvalue weighted by Gasteiger charge is 2.29. The minimum Gasteiger partial charge on any atom is -0.465 e. The Hall–Kier alpha value is -2.92. The Labute approximate surface area is 166 Å². The summed E-state index contributed by atoms with van der Waals surface area (Å²) >= 11 is 0.898. The largest absolute Gasteiger partial charge is 0.465 e. The van der Waals surface area contributed by atoms with Crippen molar-refractivity contribution in [1.29, 1.82) is 0 Å². The number of ether oxygens (including phenoxy) is 1. The summed E-state index contributed by atoms with van der Waals surface area (Å²) in [5.74, 6) is -0.896. The molecule has 2 aromatic rings. The highest BCUT2D eigenvalue weighted by Crippen LogP contribution is 2.41. The molecule has 11 heteroatoms. The van der Waals surface area contributed by atoms with Crippen molar-refractivity contribution in [2.24, 2.45) is 4.40 Å². The van der Waals surface area contributed by atoms with Crippen molar-refractivity contribution >= 4 is 39.8 Å². The van der Waals surface area contributed by atoms with Gasteiger partial charge < -0.3 is 9.64 Å². The average Bonchev–Trinajstić information content (AvgIpc) is 2.66. The zero-order chi connectivity index (χ0) is 20.9. The third kappa shape index (κ3) is 5.08. The van der Waals surface area contributed by atoms with Crippen LogP contribution in [-0.4, -0.2) is 51.8 Å². The Morgan fingerprint density at radius 2 is 1.89 bits per heavy atom. The van der Waals surface area contributed by atoms with E-state index in [0.29, 0.717) is 4.90 Å². The molecule has 0 aromatic heterocycles. The van der Waals surface area contributed by atoms with Crippen molar-refractivity contribution in [3.05, 3.63) is 58.1 Å². The van der Waals surface area contributed by atoms with Gasteiger partial charge in [0.25, 0.3) is 15.7 Å². The maximum atomic E-state index is 12.8. The first-order chi connectivity index (χ1) is 13.2. The first-order valence-corrected chi connectivity index (χ1v) is 10.0. The molecule has 0 aliphatic rings. The van der Waals surface area contributed by atoms with E-state index in [2.05, 4.69) is 9.13 Å². The van der Waals surface area contributed by atoms with Crippen molar-refractivity contribution in [2.45, 2.75) is 14.7 Å². The molecule has 0 amide bonds. The molecule has 0 aliphatic heterocycles. The second kappa shape index (κ2) is 8.85. The van der Waals surface area contributed by atoms with Crippen LogP contribution in [-0.2, 0) is 14.8 Å². The van der Waals surface area contributed by atoms with Gasteiger partial charge in [0, 0.05) is 25.1 Å². The van der Waals surface area contributed by atoms with E-state index in [-0.39, 0.29) is 10.5 Å². The number of hydrogen-bond acceptors (Lipinski definition) is 7. The van der Waals surface area contributed by atoms with Crippen molar-refractivity contribution in [3.8, 4) is 0 Å². The molecule has 0 bridgehead atoms. The van der Waals surface area contributed by atoms with Crippen LogP contribution in [0, 0.1) is 10.1 Å². The van der Waals surface area contributed by atoms with Crippen LogP contribution in [0.5, 0.6) is 0 Å². The number of nitrogens with zero attached hydrogens (tertiary/aromatic N) is 3. The predicted octanol–water partition coefficient (Wildman–Crippen LogP) is 2.81. The minimum absolute atomic E-state index is 0.139. The zero-order valence-corrected chi connectivity index (χ0v) is 16.9. The quantitative estimate of drug-likeness (QED) is 0.219. The molecule has 0 aliphatic carbocycles. The van der Waals surface area contributed by atoms with Gasteiger partial charge in [-0.3, -0.25) is 10.1 Å².